The zero-order chi connectivity index (χ0) is 11.7. The maximum atomic E-state index is 13.7. The molecule has 0 radical (unpaired) electrons. The Morgan fingerprint density at radius 1 is 1.38 bits per heavy atom. The van der Waals surface area contributed by atoms with E-state index in [1.165, 1.54) is 6.07 Å². The van der Waals surface area contributed by atoms with Crippen LogP contribution in [0.4, 0.5) is 15.8 Å². The summed E-state index contributed by atoms with van der Waals surface area (Å²) in [5.41, 5.74) is 6.68. The van der Waals surface area contributed by atoms with Gasteiger partial charge in [-0.2, -0.15) is 0 Å². The molecule has 1 saturated heterocycles. The molecule has 0 amide bonds. The van der Waals surface area contributed by atoms with Crippen molar-refractivity contribution in [2.75, 3.05) is 37.3 Å². The van der Waals surface area contributed by atoms with E-state index in [4.69, 9.17) is 5.73 Å². The molecule has 1 fully saturated rings. The van der Waals surface area contributed by atoms with Crippen LogP contribution in [0.2, 0.25) is 0 Å². The predicted molar refractivity (Wildman–Crippen MR) is 65.1 cm³/mol. The molecule has 1 aliphatic heterocycles. The van der Waals surface area contributed by atoms with Crippen molar-refractivity contribution in [2.24, 2.45) is 0 Å². The summed E-state index contributed by atoms with van der Waals surface area (Å²) in [7, 11) is 2.10. The van der Waals surface area contributed by atoms with Gasteiger partial charge in [-0.1, -0.05) is 0 Å². The van der Waals surface area contributed by atoms with Gasteiger partial charge in [-0.15, -0.1) is 0 Å². The lowest BCUT2D eigenvalue weighted by Crippen LogP contribution is -2.50. The van der Waals surface area contributed by atoms with Crippen LogP contribution in [-0.2, 0) is 0 Å². The van der Waals surface area contributed by atoms with Gasteiger partial charge in [0.25, 0.3) is 0 Å². The van der Waals surface area contributed by atoms with Crippen LogP contribution in [0.25, 0.3) is 0 Å². The van der Waals surface area contributed by atoms with Crippen molar-refractivity contribution in [2.45, 2.75) is 13.0 Å². The fourth-order valence-corrected chi connectivity index (χ4v) is 2.05. The number of likely N-dealkylation sites (N-methyl/N-ethyl adjacent to an activating group) is 1. The Bertz CT molecular complexity index is 381. The van der Waals surface area contributed by atoms with Crippen molar-refractivity contribution in [3.63, 3.8) is 0 Å². The second-order valence-corrected chi connectivity index (χ2v) is 4.49. The van der Waals surface area contributed by atoms with E-state index in [1.54, 1.807) is 12.1 Å². The van der Waals surface area contributed by atoms with Crippen molar-refractivity contribution in [1.29, 1.82) is 0 Å². The van der Waals surface area contributed by atoms with Gasteiger partial charge in [0.05, 0.1) is 5.69 Å². The van der Waals surface area contributed by atoms with Gasteiger partial charge < -0.3 is 15.5 Å². The minimum absolute atomic E-state index is 0.225. The van der Waals surface area contributed by atoms with Crippen LogP contribution >= 0.6 is 0 Å². The Hall–Kier alpha value is -1.29. The molecule has 3 nitrogen and oxygen atoms in total. The Labute approximate surface area is 95.6 Å². The van der Waals surface area contributed by atoms with Gasteiger partial charge in [0.2, 0.25) is 0 Å². The quantitative estimate of drug-likeness (QED) is 0.733. The van der Waals surface area contributed by atoms with Crippen LogP contribution < -0.4 is 10.6 Å². The van der Waals surface area contributed by atoms with E-state index in [-0.39, 0.29) is 5.82 Å². The highest BCUT2D eigenvalue weighted by molar-refractivity contribution is 5.54. The lowest BCUT2D eigenvalue weighted by Gasteiger charge is -2.39. The number of hydrogen-bond acceptors (Lipinski definition) is 3. The van der Waals surface area contributed by atoms with Gasteiger partial charge in [-0.3, -0.25) is 0 Å². The molecule has 0 aliphatic carbocycles. The number of rotatable bonds is 1. The van der Waals surface area contributed by atoms with E-state index in [0.29, 0.717) is 17.4 Å². The topological polar surface area (TPSA) is 32.5 Å². The standard InChI is InChI=1S/C12H18FN3/c1-9-8-16(6-5-15(9)2)12-4-3-10(14)7-11(12)13/h3-4,7,9H,5-6,8,14H2,1-2H3. The molecule has 16 heavy (non-hydrogen) atoms. The summed E-state index contributed by atoms with van der Waals surface area (Å²) in [6.45, 7) is 4.84. The molecule has 0 bridgehead atoms. The molecule has 1 atom stereocenters. The Kier molecular flexibility index (Phi) is 3.01. The third-order valence-electron chi connectivity index (χ3n) is 3.27. The molecule has 88 valence electrons. The molecule has 1 unspecified atom stereocenters. The van der Waals surface area contributed by atoms with Crippen LogP contribution in [0, 0.1) is 5.82 Å². The third kappa shape index (κ3) is 2.11. The molecule has 1 aromatic rings. The molecule has 4 heteroatoms. The smallest absolute Gasteiger partial charge is 0.148 e. The van der Waals surface area contributed by atoms with Crippen molar-refractivity contribution in [1.82, 2.24) is 4.90 Å². The van der Waals surface area contributed by atoms with E-state index >= 15 is 0 Å². The van der Waals surface area contributed by atoms with Gasteiger partial charge in [-0.25, -0.2) is 4.39 Å². The zero-order valence-corrected chi connectivity index (χ0v) is 9.78. The number of hydrogen-bond donors (Lipinski definition) is 1. The Morgan fingerprint density at radius 2 is 2.12 bits per heavy atom. The number of nitrogens with two attached hydrogens (primary N) is 1. The average molecular weight is 223 g/mol. The van der Waals surface area contributed by atoms with E-state index in [9.17, 15) is 4.39 Å². The minimum atomic E-state index is -0.225. The van der Waals surface area contributed by atoms with Crippen LogP contribution in [0.15, 0.2) is 18.2 Å². The number of halogens is 1. The molecule has 0 aromatic heterocycles. The molecule has 1 heterocycles. The third-order valence-corrected chi connectivity index (χ3v) is 3.27. The number of anilines is 2. The highest BCUT2D eigenvalue weighted by atomic mass is 19.1. The summed E-state index contributed by atoms with van der Waals surface area (Å²) in [5, 5.41) is 0. The fourth-order valence-electron chi connectivity index (χ4n) is 2.05. The maximum Gasteiger partial charge on any atom is 0.148 e. The number of nitrogen functional groups attached to an aromatic ring is 1. The highest BCUT2D eigenvalue weighted by Gasteiger charge is 2.22. The summed E-state index contributed by atoms with van der Waals surface area (Å²) in [4.78, 5) is 4.37. The first-order valence-electron chi connectivity index (χ1n) is 5.58. The fraction of sp³-hybridized carbons (Fsp3) is 0.500. The van der Waals surface area contributed by atoms with Crippen LogP contribution in [0.5, 0.6) is 0 Å². The molecular weight excluding hydrogens is 205 g/mol. The average Bonchev–Trinajstić information content (AvgIpc) is 2.22. The predicted octanol–water partition coefficient (Wildman–Crippen LogP) is 1.55. The largest absolute Gasteiger partial charge is 0.399 e. The first-order chi connectivity index (χ1) is 7.58. The Balaban J connectivity index is 2.18. The molecule has 1 aliphatic rings. The van der Waals surface area contributed by atoms with Gasteiger partial charge in [-0.05, 0) is 32.2 Å². The molecule has 2 N–H and O–H groups in total. The summed E-state index contributed by atoms with van der Waals surface area (Å²) >= 11 is 0. The van der Waals surface area contributed by atoms with Gasteiger partial charge >= 0.3 is 0 Å². The van der Waals surface area contributed by atoms with Crippen LogP contribution in [-0.4, -0.2) is 37.6 Å². The second kappa shape index (κ2) is 4.29. The van der Waals surface area contributed by atoms with Gasteiger partial charge in [0.15, 0.2) is 0 Å². The van der Waals surface area contributed by atoms with Gasteiger partial charge in [0.1, 0.15) is 5.82 Å². The van der Waals surface area contributed by atoms with E-state index in [1.807, 2.05) is 0 Å². The summed E-state index contributed by atoms with van der Waals surface area (Å²) < 4.78 is 13.7. The number of benzene rings is 1. The van der Waals surface area contributed by atoms with Crippen molar-refractivity contribution >= 4 is 11.4 Å². The Morgan fingerprint density at radius 3 is 2.75 bits per heavy atom. The molecule has 0 saturated carbocycles. The minimum Gasteiger partial charge on any atom is -0.399 e. The van der Waals surface area contributed by atoms with Crippen molar-refractivity contribution in [3.05, 3.63) is 24.0 Å². The van der Waals surface area contributed by atoms with E-state index in [2.05, 4.69) is 23.8 Å². The highest BCUT2D eigenvalue weighted by Crippen LogP contribution is 2.23. The SMILES string of the molecule is CC1CN(c2ccc(N)cc2F)CCN1C. The van der Waals surface area contributed by atoms with Crippen LogP contribution in [0.3, 0.4) is 0 Å². The monoisotopic (exact) mass is 223 g/mol. The van der Waals surface area contributed by atoms with Crippen LogP contribution in [0.1, 0.15) is 6.92 Å². The summed E-state index contributed by atoms with van der Waals surface area (Å²) in [5.74, 6) is -0.225. The second-order valence-electron chi connectivity index (χ2n) is 4.49. The molecule has 1 aromatic carbocycles. The first kappa shape index (κ1) is 11.2. The lowest BCUT2D eigenvalue weighted by molar-refractivity contribution is 0.233. The lowest BCUT2D eigenvalue weighted by atomic mass is 10.1. The summed E-state index contributed by atoms with van der Waals surface area (Å²) in [6, 6.07) is 5.35. The molecule has 0 spiro atoms. The molecular formula is C12H18FN3. The normalized spacial score (nSPS) is 22.4. The molecule has 2 rings (SSSR count). The van der Waals surface area contributed by atoms with Crippen molar-refractivity contribution in [3.8, 4) is 0 Å². The van der Waals surface area contributed by atoms with Gasteiger partial charge in [0, 0.05) is 31.4 Å². The maximum absolute atomic E-state index is 13.7. The summed E-state index contributed by atoms with van der Waals surface area (Å²) in [6.07, 6.45) is 0. The van der Waals surface area contributed by atoms with Crippen molar-refractivity contribution < 1.29 is 4.39 Å². The number of piperazine rings is 1. The zero-order valence-electron chi connectivity index (χ0n) is 9.78. The number of nitrogens with zero attached hydrogens (tertiary/aromatic N) is 2. The van der Waals surface area contributed by atoms with E-state index < -0.39 is 0 Å². The first-order valence-corrected chi connectivity index (χ1v) is 5.58. The van der Waals surface area contributed by atoms with E-state index in [0.717, 1.165) is 19.6 Å².